The standard InChI is InChI=1S/C10H21N/c1-8(2)11-6-9(3)5-10(4)7-11/h8-10H,5-7H2,1-4H3/t9-,10-/m0/s1. The Labute approximate surface area is 70.8 Å². The second-order valence-electron chi connectivity index (χ2n) is 4.49. The minimum Gasteiger partial charge on any atom is -0.300 e. The molecule has 0 bridgehead atoms. The van der Waals surface area contributed by atoms with Gasteiger partial charge < -0.3 is 4.90 Å². The number of piperidine rings is 1. The van der Waals surface area contributed by atoms with E-state index in [1.165, 1.54) is 19.5 Å². The summed E-state index contributed by atoms with van der Waals surface area (Å²) in [6, 6.07) is 0.736. The molecule has 66 valence electrons. The quantitative estimate of drug-likeness (QED) is 0.562. The highest BCUT2D eigenvalue weighted by Crippen LogP contribution is 2.22. The van der Waals surface area contributed by atoms with Crippen LogP contribution in [0, 0.1) is 11.8 Å². The van der Waals surface area contributed by atoms with Gasteiger partial charge >= 0.3 is 0 Å². The molecule has 1 heterocycles. The largest absolute Gasteiger partial charge is 0.300 e. The van der Waals surface area contributed by atoms with Crippen molar-refractivity contribution in [2.75, 3.05) is 13.1 Å². The summed E-state index contributed by atoms with van der Waals surface area (Å²) in [7, 11) is 0. The summed E-state index contributed by atoms with van der Waals surface area (Å²) in [6.45, 7) is 11.9. The highest BCUT2D eigenvalue weighted by Gasteiger charge is 2.22. The zero-order valence-corrected chi connectivity index (χ0v) is 8.30. The smallest absolute Gasteiger partial charge is 0.00388 e. The van der Waals surface area contributed by atoms with Crippen LogP contribution < -0.4 is 0 Å². The van der Waals surface area contributed by atoms with E-state index in [-0.39, 0.29) is 0 Å². The minimum atomic E-state index is 0.736. The van der Waals surface area contributed by atoms with Crippen LogP contribution in [0.1, 0.15) is 34.1 Å². The summed E-state index contributed by atoms with van der Waals surface area (Å²) in [5.41, 5.74) is 0. The molecule has 0 aliphatic carbocycles. The zero-order valence-electron chi connectivity index (χ0n) is 8.30. The van der Waals surface area contributed by atoms with Crippen molar-refractivity contribution < 1.29 is 0 Å². The van der Waals surface area contributed by atoms with Gasteiger partial charge in [0, 0.05) is 19.1 Å². The maximum Gasteiger partial charge on any atom is 0.00388 e. The van der Waals surface area contributed by atoms with Crippen LogP contribution in [0.5, 0.6) is 0 Å². The third-order valence-electron chi connectivity index (χ3n) is 2.63. The first-order valence-electron chi connectivity index (χ1n) is 4.83. The molecule has 1 rings (SSSR count). The third kappa shape index (κ3) is 2.48. The van der Waals surface area contributed by atoms with E-state index in [9.17, 15) is 0 Å². The lowest BCUT2D eigenvalue weighted by atomic mass is 9.91. The zero-order chi connectivity index (χ0) is 8.43. The molecule has 0 unspecified atom stereocenters. The molecule has 0 aromatic rings. The van der Waals surface area contributed by atoms with Gasteiger partial charge in [0.2, 0.25) is 0 Å². The van der Waals surface area contributed by atoms with Gasteiger partial charge in [0.15, 0.2) is 0 Å². The van der Waals surface area contributed by atoms with Gasteiger partial charge in [-0.25, -0.2) is 0 Å². The van der Waals surface area contributed by atoms with Crippen LogP contribution in [-0.4, -0.2) is 24.0 Å². The molecular weight excluding hydrogens is 134 g/mol. The highest BCUT2D eigenvalue weighted by molar-refractivity contribution is 4.76. The van der Waals surface area contributed by atoms with Crippen molar-refractivity contribution in [3.05, 3.63) is 0 Å². The average molecular weight is 155 g/mol. The van der Waals surface area contributed by atoms with E-state index in [0.29, 0.717) is 0 Å². The number of hydrogen-bond acceptors (Lipinski definition) is 1. The van der Waals surface area contributed by atoms with Gasteiger partial charge in [0.05, 0.1) is 0 Å². The summed E-state index contributed by atoms with van der Waals surface area (Å²) >= 11 is 0. The van der Waals surface area contributed by atoms with Crippen LogP contribution in [-0.2, 0) is 0 Å². The summed E-state index contributed by atoms with van der Waals surface area (Å²) in [5, 5.41) is 0. The Morgan fingerprint density at radius 3 is 1.91 bits per heavy atom. The number of hydrogen-bond donors (Lipinski definition) is 0. The van der Waals surface area contributed by atoms with Crippen molar-refractivity contribution in [3.63, 3.8) is 0 Å². The fraction of sp³-hybridized carbons (Fsp3) is 1.00. The molecule has 2 atom stereocenters. The molecule has 0 N–H and O–H groups in total. The molecule has 0 radical (unpaired) electrons. The molecule has 0 aromatic heterocycles. The minimum absolute atomic E-state index is 0.736. The van der Waals surface area contributed by atoms with Crippen LogP contribution in [0.15, 0.2) is 0 Å². The number of likely N-dealkylation sites (tertiary alicyclic amines) is 1. The van der Waals surface area contributed by atoms with Crippen molar-refractivity contribution in [1.29, 1.82) is 0 Å². The van der Waals surface area contributed by atoms with Gasteiger partial charge in [-0.3, -0.25) is 0 Å². The van der Waals surface area contributed by atoms with Crippen molar-refractivity contribution in [2.45, 2.75) is 40.2 Å². The van der Waals surface area contributed by atoms with Crippen LogP contribution in [0.2, 0.25) is 0 Å². The van der Waals surface area contributed by atoms with Gasteiger partial charge in [0.1, 0.15) is 0 Å². The fourth-order valence-corrected chi connectivity index (χ4v) is 2.13. The van der Waals surface area contributed by atoms with E-state index in [1.807, 2.05) is 0 Å². The van der Waals surface area contributed by atoms with E-state index in [2.05, 4.69) is 32.6 Å². The van der Waals surface area contributed by atoms with Crippen molar-refractivity contribution >= 4 is 0 Å². The number of nitrogens with zero attached hydrogens (tertiary/aromatic N) is 1. The van der Waals surface area contributed by atoms with E-state index in [1.54, 1.807) is 0 Å². The molecule has 11 heavy (non-hydrogen) atoms. The lowest BCUT2D eigenvalue weighted by molar-refractivity contribution is 0.111. The first-order valence-corrected chi connectivity index (χ1v) is 4.83. The maximum absolute atomic E-state index is 2.60. The monoisotopic (exact) mass is 155 g/mol. The van der Waals surface area contributed by atoms with Crippen LogP contribution >= 0.6 is 0 Å². The first kappa shape index (κ1) is 9.05. The molecule has 1 aliphatic heterocycles. The molecular formula is C10H21N. The van der Waals surface area contributed by atoms with Crippen molar-refractivity contribution in [1.82, 2.24) is 4.90 Å². The Morgan fingerprint density at radius 2 is 1.55 bits per heavy atom. The Morgan fingerprint density at radius 1 is 1.09 bits per heavy atom. The summed E-state index contributed by atoms with van der Waals surface area (Å²) in [5.74, 6) is 1.81. The van der Waals surface area contributed by atoms with Crippen LogP contribution in [0.3, 0.4) is 0 Å². The molecule has 1 nitrogen and oxygen atoms in total. The van der Waals surface area contributed by atoms with Crippen molar-refractivity contribution in [2.24, 2.45) is 11.8 Å². The van der Waals surface area contributed by atoms with Gasteiger partial charge in [-0.1, -0.05) is 13.8 Å². The topological polar surface area (TPSA) is 3.24 Å². The average Bonchev–Trinajstić information content (AvgIpc) is 1.85. The molecule has 1 saturated heterocycles. The predicted molar refractivity (Wildman–Crippen MR) is 49.7 cm³/mol. The maximum atomic E-state index is 2.60. The molecule has 1 heteroatoms. The van der Waals surface area contributed by atoms with Gasteiger partial charge in [0.25, 0.3) is 0 Å². The Hall–Kier alpha value is -0.0400. The van der Waals surface area contributed by atoms with E-state index in [4.69, 9.17) is 0 Å². The van der Waals surface area contributed by atoms with Gasteiger partial charge in [-0.05, 0) is 32.1 Å². The Kier molecular flexibility index (Phi) is 2.94. The van der Waals surface area contributed by atoms with Crippen LogP contribution in [0.25, 0.3) is 0 Å². The summed E-state index contributed by atoms with van der Waals surface area (Å²) in [4.78, 5) is 2.60. The summed E-state index contributed by atoms with van der Waals surface area (Å²) in [6.07, 6.45) is 1.42. The normalized spacial score (nSPS) is 34.6. The SMILES string of the molecule is CC(C)N1C[C@@H](C)C[C@H](C)C1. The first-order chi connectivity index (χ1) is 5.09. The van der Waals surface area contributed by atoms with E-state index >= 15 is 0 Å². The molecule has 0 amide bonds. The van der Waals surface area contributed by atoms with Crippen molar-refractivity contribution in [3.8, 4) is 0 Å². The molecule has 1 fully saturated rings. The summed E-state index contributed by atoms with van der Waals surface area (Å²) < 4.78 is 0. The number of rotatable bonds is 1. The van der Waals surface area contributed by atoms with E-state index < -0.39 is 0 Å². The molecule has 0 aromatic carbocycles. The highest BCUT2D eigenvalue weighted by atomic mass is 15.2. The fourth-order valence-electron chi connectivity index (χ4n) is 2.13. The predicted octanol–water partition coefficient (Wildman–Crippen LogP) is 2.37. The Balaban J connectivity index is 2.43. The molecule has 0 spiro atoms. The molecule has 1 aliphatic rings. The van der Waals surface area contributed by atoms with Crippen LogP contribution in [0.4, 0.5) is 0 Å². The second-order valence-corrected chi connectivity index (χ2v) is 4.49. The lowest BCUT2D eigenvalue weighted by Gasteiger charge is -2.37. The van der Waals surface area contributed by atoms with E-state index in [0.717, 1.165) is 17.9 Å². The van der Waals surface area contributed by atoms with Gasteiger partial charge in [-0.15, -0.1) is 0 Å². The lowest BCUT2D eigenvalue weighted by Crippen LogP contribution is -2.42. The Bertz CT molecular complexity index is 110. The second kappa shape index (κ2) is 3.57. The third-order valence-corrected chi connectivity index (χ3v) is 2.63. The molecule has 0 saturated carbocycles. The van der Waals surface area contributed by atoms with Gasteiger partial charge in [-0.2, -0.15) is 0 Å².